The van der Waals surface area contributed by atoms with Crippen LogP contribution in [-0.4, -0.2) is 9.36 Å². The standard InChI is InChI=1S/C10H10ClN3S2/c1-6-13-10(16-14-6)15-9-7(5-12)3-2-4-8(9)11/h2-4H,5,12H2,1H3. The summed E-state index contributed by atoms with van der Waals surface area (Å²) in [5.41, 5.74) is 6.71. The van der Waals surface area contributed by atoms with E-state index in [9.17, 15) is 0 Å². The molecular weight excluding hydrogens is 262 g/mol. The van der Waals surface area contributed by atoms with Crippen LogP contribution in [0.3, 0.4) is 0 Å². The first kappa shape index (κ1) is 11.9. The van der Waals surface area contributed by atoms with Crippen molar-refractivity contribution in [3.05, 3.63) is 34.6 Å². The molecule has 3 nitrogen and oxygen atoms in total. The number of hydrogen-bond acceptors (Lipinski definition) is 5. The molecule has 0 spiro atoms. The SMILES string of the molecule is Cc1nsc(Sc2c(Cl)cccc2CN)n1. The number of aryl methyl sites for hydroxylation is 1. The lowest BCUT2D eigenvalue weighted by Crippen LogP contribution is -1.98. The second-order valence-corrected chi connectivity index (χ2v) is 5.56. The van der Waals surface area contributed by atoms with Gasteiger partial charge in [0.15, 0.2) is 4.34 Å². The Morgan fingerprint density at radius 1 is 1.50 bits per heavy atom. The van der Waals surface area contributed by atoms with Crippen molar-refractivity contribution >= 4 is 34.9 Å². The molecular formula is C10H10ClN3S2. The van der Waals surface area contributed by atoms with Crippen LogP contribution in [0.15, 0.2) is 27.4 Å². The molecule has 0 amide bonds. The lowest BCUT2D eigenvalue weighted by Gasteiger charge is -2.06. The first-order chi connectivity index (χ1) is 7.70. The molecule has 0 fully saturated rings. The molecule has 0 atom stereocenters. The zero-order valence-electron chi connectivity index (χ0n) is 8.61. The summed E-state index contributed by atoms with van der Waals surface area (Å²) in [7, 11) is 0. The molecule has 2 N–H and O–H groups in total. The van der Waals surface area contributed by atoms with E-state index in [1.54, 1.807) is 0 Å². The van der Waals surface area contributed by atoms with Crippen molar-refractivity contribution in [1.82, 2.24) is 9.36 Å². The van der Waals surface area contributed by atoms with Crippen LogP contribution in [0.2, 0.25) is 5.02 Å². The van der Waals surface area contributed by atoms with Gasteiger partial charge in [0.2, 0.25) is 0 Å². The number of nitrogens with two attached hydrogens (primary N) is 1. The van der Waals surface area contributed by atoms with E-state index in [2.05, 4.69) is 9.36 Å². The Morgan fingerprint density at radius 2 is 2.31 bits per heavy atom. The van der Waals surface area contributed by atoms with Gasteiger partial charge in [-0.1, -0.05) is 35.5 Å². The molecule has 1 aromatic heterocycles. The molecule has 0 aliphatic rings. The monoisotopic (exact) mass is 271 g/mol. The summed E-state index contributed by atoms with van der Waals surface area (Å²) in [4.78, 5) is 5.27. The van der Waals surface area contributed by atoms with Gasteiger partial charge in [-0.05, 0) is 30.1 Å². The first-order valence-corrected chi connectivity index (χ1v) is 6.63. The summed E-state index contributed by atoms with van der Waals surface area (Å²) in [5.74, 6) is 0.786. The molecule has 84 valence electrons. The fourth-order valence-electron chi connectivity index (χ4n) is 1.24. The maximum Gasteiger partial charge on any atom is 0.174 e. The molecule has 0 saturated carbocycles. The highest BCUT2D eigenvalue weighted by Crippen LogP contribution is 2.36. The van der Waals surface area contributed by atoms with Gasteiger partial charge in [-0.25, -0.2) is 4.98 Å². The fraction of sp³-hybridized carbons (Fsp3) is 0.200. The lowest BCUT2D eigenvalue weighted by molar-refractivity contribution is 1.02. The Bertz CT molecular complexity index is 499. The summed E-state index contributed by atoms with van der Waals surface area (Å²) >= 11 is 9.04. The summed E-state index contributed by atoms with van der Waals surface area (Å²) in [5, 5.41) is 0.709. The molecule has 16 heavy (non-hydrogen) atoms. The van der Waals surface area contributed by atoms with E-state index in [0.717, 1.165) is 20.6 Å². The number of halogens is 1. The average Bonchev–Trinajstić information content (AvgIpc) is 2.67. The third-order valence-corrected chi connectivity index (χ3v) is 4.42. The van der Waals surface area contributed by atoms with Crippen LogP contribution in [0, 0.1) is 6.92 Å². The lowest BCUT2D eigenvalue weighted by atomic mass is 10.2. The highest BCUT2D eigenvalue weighted by molar-refractivity contribution is 8.01. The van der Waals surface area contributed by atoms with E-state index in [1.807, 2.05) is 25.1 Å². The molecule has 0 aliphatic carbocycles. The Hall–Kier alpha value is -0.620. The minimum absolute atomic E-state index is 0.473. The van der Waals surface area contributed by atoms with E-state index in [1.165, 1.54) is 23.3 Å². The van der Waals surface area contributed by atoms with Crippen LogP contribution in [0.5, 0.6) is 0 Å². The van der Waals surface area contributed by atoms with E-state index >= 15 is 0 Å². The van der Waals surface area contributed by atoms with E-state index in [-0.39, 0.29) is 0 Å². The maximum atomic E-state index is 6.14. The normalized spacial score (nSPS) is 10.7. The van der Waals surface area contributed by atoms with Gasteiger partial charge in [-0.3, -0.25) is 0 Å². The van der Waals surface area contributed by atoms with Crippen molar-refractivity contribution in [2.45, 2.75) is 22.7 Å². The van der Waals surface area contributed by atoms with E-state index < -0.39 is 0 Å². The van der Waals surface area contributed by atoms with Crippen molar-refractivity contribution in [2.75, 3.05) is 0 Å². The number of rotatable bonds is 3. The van der Waals surface area contributed by atoms with Crippen LogP contribution in [0.25, 0.3) is 0 Å². The van der Waals surface area contributed by atoms with Crippen molar-refractivity contribution < 1.29 is 0 Å². The Morgan fingerprint density at radius 3 is 2.94 bits per heavy atom. The van der Waals surface area contributed by atoms with Gasteiger partial charge in [0, 0.05) is 11.4 Å². The average molecular weight is 272 g/mol. The van der Waals surface area contributed by atoms with Gasteiger partial charge in [0.05, 0.1) is 5.02 Å². The summed E-state index contributed by atoms with van der Waals surface area (Å²) in [6, 6.07) is 5.74. The zero-order chi connectivity index (χ0) is 11.5. The second kappa shape index (κ2) is 5.14. The predicted octanol–water partition coefficient (Wildman–Crippen LogP) is 3.11. The fourth-order valence-corrected chi connectivity index (χ4v) is 3.28. The number of hydrogen-bond donors (Lipinski definition) is 1. The van der Waals surface area contributed by atoms with Gasteiger partial charge < -0.3 is 5.73 Å². The smallest absolute Gasteiger partial charge is 0.174 e. The maximum absolute atomic E-state index is 6.14. The molecule has 0 bridgehead atoms. The Balaban J connectivity index is 2.33. The topological polar surface area (TPSA) is 51.8 Å². The van der Waals surface area contributed by atoms with E-state index in [0.29, 0.717) is 11.6 Å². The van der Waals surface area contributed by atoms with E-state index in [4.69, 9.17) is 17.3 Å². The summed E-state index contributed by atoms with van der Waals surface area (Å²) in [6.07, 6.45) is 0. The van der Waals surface area contributed by atoms with Crippen molar-refractivity contribution in [3.8, 4) is 0 Å². The van der Waals surface area contributed by atoms with Gasteiger partial charge >= 0.3 is 0 Å². The molecule has 2 rings (SSSR count). The Kier molecular flexibility index (Phi) is 3.81. The summed E-state index contributed by atoms with van der Waals surface area (Å²) in [6.45, 7) is 2.34. The minimum Gasteiger partial charge on any atom is -0.326 e. The number of aromatic nitrogens is 2. The predicted molar refractivity (Wildman–Crippen MR) is 68.1 cm³/mol. The molecule has 0 unspecified atom stereocenters. The molecule has 1 aromatic carbocycles. The third-order valence-electron chi connectivity index (χ3n) is 1.97. The minimum atomic E-state index is 0.473. The second-order valence-electron chi connectivity index (χ2n) is 3.14. The molecule has 0 radical (unpaired) electrons. The highest BCUT2D eigenvalue weighted by Gasteiger charge is 2.10. The largest absolute Gasteiger partial charge is 0.326 e. The molecule has 1 heterocycles. The van der Waals surface area contributed by atoms with Crippen LogP contribution < -0.4 is 5.73 Å². The number of nitrogens with zero attached hydrogens (tertiary/aromatic N) is 2. The van der Waals surface area contributed by atoms with Gasteiger partial charge in [0.1, 0.15) is 5.82 Å². The van der Waals surface area contributed by atoms with Crippen LogP contribution >= 0.6 is 34.9 Å². The van der Waals surface area contributed by atoms with Crippen molar-refractivity contribution in [1.29, 1.82) is 0 Å². The molecule has 6 heteroatoms. The van der Waals surface area contributed by atoms with Gasteiger partial charge in [0.25, 0.3) is 0 Å². The van der Waals surface area contributed by atoms with Crippen LogP contribution in [-0.2, 0) is 6.54 Å². The molecule has 2 aromatic rings. The van der Waals surface area contributed by atoms with Crippen LogP contribution in [0.4, 0.5) is 0 Å². The van der Waals surface area contributed by atoms with Crippen LogP contribution in [0.1, 0.15) is 11.4 Å². The highest BCUT2D eigenvalue weighted by atomic mass is 35.5. The third kappa shape index (κ3) is 2.55. The Labute approximate surface area is 107 Å². The first-order valence-electron chi connectivity index (χ1n) is 4.66. The number of benzene rings is 1. The molecule has 0 aliphatic heterocycles. The van der Waals surface area contributed by atoms with Gasteiger partial charge in [-0.15, -0.1) is 0 Å². The van der Waals surface area contributed by atoms with Gasteiger partial charge in [-0.2, -0.15) is 4.37 Å². The zero-order valence-corrected chi connectivity index (χ0v) is 11.0. The van der Waals surface area contributed by atoms with Crippen molar-refractivity contribution in [2.24, 2.45) is 5.73 Å². The summed E-state index contributed by atoms with van der Waals surface area (Å²) < 4.78 is 5.02. The quantitative estimate of drug-likeness (QED) is 0.932. The van der Waals surface area contributed by atoms with Crippen molar-refractivity contribution in [3.63, 3.8) is 0 Å². The molecule has 0 saturated heterocycles.